The summed E-state index contributed by atoms with van der Waals surface area (Å²) in [6, 6.07) is 10.3. The number of hydrogen-bond donors (Lipinski definition) is 0. The molecule has 1 aromatic heterocycles. The second kappa shape index (κ2) is 7.29. The number of thioether (sulfide) groups is 1. The van der Waals surface area contributed by atoms with E-state index in [0.717, 1.165) is 31.0 Å². The van der Waals surface area contributed by atoms with Gasteiger partial charge in [0, 0.05) is 17.4 Å². The molecule has 1 fully saturated rings. The zero-order valence-electron chi connectivity index (χ0n) is 13.2. The summed E-state index contributed by atoms with van der Waals surface area (Å²) in [4.78, 5) is 7.17. The van der Waals surface area contributed by atoms with Crippen molar-refractivity contribution in [3.63, 3.8) is 0 Å². The van der Waals surface area contributed by atoms with E-state index in [-0.39, 0.29) is 6.04 Å². The average molecular weight is 317 g/mol. The number of rotatable bonds is 5. The molecule has 118 valence electrons. The molecular weight excluding hydrogens is 294 g/mol. The van der Waals surface area contributed by atoms with Crippen molar-refractivity contribution >= 4 is 11.8 Å². The van der Waals surface area contributed by atoms with E-state index in [1.807, 2.05) is 42.1 Å². The molecule has 2 atom stereocenters. The Morgan fingerprint density at radius 3 is 2.91 bits per heavy atom. The molecule has 2 heterocycles. The van der Waals surface area contributed by atoms with Gasteiger partial charge in [-0.3, -0.25) is 4.90 Å². The molecule has 0 N–H and O–H groups in total. The minimum Gasteiger partial charge on any atom is -0.337 e. The summed E-state index contributed by atoms with van der Waals surface area (Å²) in [7, 11) is 0. The van der Waals surface area contributed by atoms with Crippen LogP contribution in [0, 0.1) is 0 Å². The second-order valence-corrected chi connectivity index (χ2v) is 7.15. The third-order valence-corrected chi connectivity index (χ3v) is 5.22. The Morgan fingerprint density at radius 1 is 1.32 bits per heavy atom. The third kappa shape index (κ3) is 3.52. The SMILES string of the molecule is CSC(C)CN1CCCCC1c1nc(-c2ccccc2)no1. The van der Waals surface area contributed by atoms with Gasteiger partial charge in [-0.25, -0.2) is 0 Å². The van der Waals surface area contributed by atoms with Gasteiger partial charge in [-0.2, -0.15) is 16.7 Å². The van der Waals surface area contributed by atoms with Crippen LogP contribution in [-0.2, 0) is 0 Å². The van der Waals surface area contributed by atoms with Crippen LogP contribution in [0.5, 0.6) is 0 Å². The molecule has 1 aliphatic heterocycles. The molecule has 2 unspecified atom stereocenters. The maximum absolute atomic E-state index is 5.59. The molecular formula is C17H23N3OS. The van der Waals surface area contributed by atoms with Crippen LogP contribution in [0.2, 0.25) is 0 Å². The first-order valence-electron chi connectivity index (χ1n) is 7.94. The van der Waals surface area contributed by atoms with Crippen LogP contribution in [0.1, 0.15) is 38.1 Å². The van der Waals surface area contributed by atoms with Crippen molar-refractivity contribution in [3.8, 4) is 11.4 Å². The van der Waals surface area contributed by atoms with Gasteiger partial charge in [0.1, 0.15) is 0 Å². The van der Waals surface area contributed by atoms with Gasteiger partial charge in [-0.1, -0.05) is 48.8 Å². The van der Waals surface area contributed by atoms with Crippen LogP contribution >= 0.6 is 11.8 Å². The molecule has 5 heteroatoms. The first-order valence-corrected chi connectivity index (χ1v) is 9.22. The van der Waals surface area contributed by atoms with Crippen LogP contribution in [-0.4, -0.2) is 39.6 Å². The predicted molar refractivity (Wildman–Crippen MR) is 90.9 cm³/mol. The molecule has 4 nitrogen and oxygen atoms in total. The molecule has 0 spiro atoms. The lowest BCUT2D eigenvalue weighted by molar-refractivity contribution is 0.121. The number of nitrogens with zero attached hydrogens (tertiary/aromatic N) is 3. The number of hydrogen-bond acceptors (Lipinski definition) is 5. The summed E-state index contributed by atoms with van der Waals surface area (Å²) in [6.07, 6.45) is 5.77. The first-order chi connectivity index (χ1) is 10.8. The molecule has 0 amide bonds. The fraction of sp³-hybridized carbons (Fsp3) is 0.529. The summed E-state index contributed by atoms with van der Waals surface area (Å²) >= 11 is 1.91. The van der Waals surface area contributed by atoms with Crippen molar-refractivity contribution in [1.82, 2.24) is 15.0 Å². The summed E-state index contributed by atoms with van der Waals surface area (Å²) in [5.41, 5.74) is 1.01. The number of piperidine rings is 1. The maximum atomic E-state index is 5.59. The lowest BCUT2D eigenvalue weighted by Crippen LogP contribution is -2.37. The lowest BCUT2D eigenvalue weighted by atomic mass is 10.0. The van der Waals surface area contributed by atoms with E-state index < -0.39 is 0 Å². The van der Waals surface area contributed by atoms with E-state index in [2.05, 4.69) is 28.2 Å². The van der Waals surface area contributed by atoms with E-state index in [0.29, 0.717) is 11.1 Å². The molecule has 1 saturated heterocycles. The summed E-state index contributed by atoms with van der Waals surface area (Å²) < 4.78 is 5.59. The lowest BCUT2D eigenvalue weighted by Gasteiger charge is -2.34. The summed E-state index contributed by atoms with van der Waals surface area (Å²) in [5, 5.41) is 4.80. The van der Waals surface area contributed by atoms with Crippen LogP contribution in [0.15, 0.2) is 34.9 Å². The number of benzene rings is 1. The number of likely N-dealkylation sites (tertiary alicyclic amines) is 1. The van der Waals surface area contributed by atoms with Gasteiger partial charge in [0.05, 0.1) is 6.04 Å². The normalized spacial score (nSPS) is 20.9. The van der Waals surface area contributed by atoms with E-state index in [1.165, 1.54) is 12.8 Å². The predicted octanol–water partition coefficient (Wildman–Crippen LogP) is 4.02. The third-order valence-electron chi connectivity index (χ3n) is 4.27. The Hall–Kier alpha value is -1.33. The Kier molecular flexibility index (Phi) is 5.16. The first kappa shape index (κ1) is 15.6. The summed E-state index contributed by atoms with van der Waals surface area (Å²) in [6.45, 7) is 4.48. The standard InChI is InChI=1S/C17H23N3OS/c1-13(22-2)12-20-11-7-6-10-15(20)17-18-16(19-21-17)14-8-4-3-5-9-14/h3-5,8-9,13,15H,6-7,10-12H2,1-2H3. The molecule has 0 radical (unpaired) electrons. The van der Waals surface area contributed by atoms with Gasteiger partial charge in [0.15, 0.2) is 0 Å². The molecule has 2 aromatic rings. The molecule has 0 aliphatic carbocycles. The van der Waals surface area contributed by atoms with Crippen LogP contribution in [0.25, 0.3) is 11.4 Å². The van der Waals surface area contributed by atoms with Crippen molar-refractivity contribution in [2.45, 2.75) is 37.5 Å². The van der Waals surface area contributed by atoms with Crippen LogP contribution < -0.4 is 0 Å². The van der Waals surface area contributed by atoms with Gasteiger partial charge in [0.25, 0.3) is 0 Å². The van der Waals surface area contributed by atoms with E-state index >= 15 is 0 Å². The zero-order valence-corrected chi connectivity index (χ0v) is 14.1. The molecule has 1 aliphatic rings. The summed E-state index contributed by atoms with van der Waals surface area (Å²) in [5.74, 6) is 1.46. The largest absolute Gasteiger partial charge is 0.337 e. The minimum absolute atomic E-state index is 0.272. The van der Waals surface area contributed by atoms with Gasteiger partial charge in [0.2, 0.25) is 11.7 Å². The monoisotopic (exact) mass is 317 g/mol. The highest BCUT2D eigenvalue weighted by Gasteiger charge is 2.29. The van der Waals surface area contributed by atoms with Crippen molar-refractivity contribution in [3.05, 3.63) is 36.2 Å². The van der Waals surface area contributed by atoms with E-state index in [4.69, 9.17) is 4.52 Å². The fourth-order valence-electron chi connectivity index (χ4n) is 2.97. The van der Waals surface area contributed by atoms with Crippen LogP contribution in [0.3, 0.4) is 0 Å². The Bertz CT molecular complexity index is 587. The fourth-order valence-corrected chi connectivity index (χ4v) is 3.31. The average Bonchev–Trinajstić information content (AvgIpc) is 3.06. The van der Waals surface area contributed by atoms with Crippen molar-refractivity contribution in [1.29, 1.82) is 0 Å². The van der Waals surface area contributed by atoms with Crippen molar-refractivity contribution in [2.75, 3.05) is 19.3 Å². The molecule has 22 heavy (non-hydrogen) atoms. The van der Waals surface area contributed by atoms with Crippen LogP contribution in [0.4, 0.5) is 0 Å². The van der Waals surface area contributed by atoms with E-state index in [1.54, 1.807) is 0 Å². The quantitative estimate of drug-likeness (QED) is 0.833. The van der Waals surface area contributed by atoms with Gasteiger partial charge in [-0.05, 0) is 25.6 Å². The Labute approximate surface area is 136 Å². The van der Waals surface area contributed by atoms with Gasteiger partial charge >= 0.3 is 0 Å². The zero-order chi connectivity index (χ0) is 15.4. The van der Waals surface area contributed by atoms with Gasteiger partial charge in [-0.15, -0.1) is 0 Å². The van der Waals surface area contributed by atoms with E-state index in [9.17, 15) is 0 Å². The highest BCUT2D eigenvalue weighted by atomic mass is 32.2. The molecule has 3 rings (SSSR count). The Morgan fingerprint density at radius 2 is 2.14 bits per heavy atom. The highest BCUT2D eigenvalue weighted by Crippen LogP contribution is 2.31. The maximum Gasteiger partial charge on any atom is 0.244 e. The smallest absolute Gasteiger partial charge is 0.244 e. The van der Waals surface area contributed by atoms with Crippen molar-refractivity contribution in [2.24, 2.45) is 0 Å². The van der Waals surface area contributed by atoms with Crippen molar-refractivity contribution < 1.29 is 4.52 Å². The highest BCUT2D eigenvalue weighted by molar-refractivity contribution is 7.99. The topological polar surface area (TPSA) is 42.2 Å². The molecule has 0 saturated carbocycles. The molecule has 0 bridgehead atoms. The van der Waals surface area contributed by atoms with Gasteiger partial charge < -0.3 is 4.52 Å². The number of aromatic nitrogens is 2. The second-order valence-electron chi connectivity index (χ2n) is 5.88. The minimum atomic E-state index is 0.272. The Balaban J connectivity index is 1.78. The molecule has 1 aromatic carbocycles.